The van der Waals surface area contributed by atoms with Crippen molar-refractivity contribution in [2.75, 3.05) is 13.7 Å². The van der Waals surface area contributed by atoms with Gasteiger partial charge in [0.05, 0.1) is 19.1 Å². The summed E-state index contributed by atoms with van der Waals surface area (Å²) in [6, 6.07) is 7.14. The van der Waals surface area contributed by atoms with E-state index in [1.165, 1.54) is 37.4 Å². The van der Waals surface area contributed by atoms with Crippen LogP contribution in [0.25, 0.3) is 21.9 Å². The molecule has 2 heterocycles. The Kier molecular flexibility index (Phi) is 5.26. The van der Waals surface area contributed by atoms with Crippen LogP contribution in [0.15, 0.2) is 39.5 Å². The fraction of sp³-hybridized carbons (Fsp3) is 0.350. The minimum Gasteiger partial charge on any atom is -0.504 e. The Hall–Kier alpha value is -2.89. The normalized spacial score (nSPS) is 26.8. The zero-order valence-corrected chi connectivity index (χ0v) is 15.8. The van der Waals surface area contributed by atoms with E-state index in [0.717, 1.165) is 0 Å². The number of aliphatic hydroxyl groups is 4. The predicted molar refractivity (Wildman–Crippen MR) is 103 cm³/mol. The van der Waals surface area contributed by atoms with E-state index in [1.54, 1.807) is 0 Å². The average Bonchev–Trinajstić information content (AvgIpc) is 2.74. The summed E-state index contributed by atoms with van der Waals surface area (Å²) < 4.78 is 21.9. The molecule has 160 valence electrons. The molecule has 1 aromatic heterocycles. The third kappa shape index (κ3) is 3.24. The first-order chi connectivity index (χ1) is 14.3. The highest BCUT2D eigenvalue weighted by Crippen LogP contribution is 2.35. The van der Waals surface area contributed by atoms with Crippen molar-refractivity contribution in [2.24, 2.45) is 0 Å². The van der Waals surface area contributed by atoms with Gasteiger partial charge in [-0.05, 0) is 12.1 Å². The van der Waals surface area contributed by atoms with Crippen molar-refractivity contribution < 1.29 is 44.2 Å². The SMILES string of the molecule is COc1cc(O[C@@H]2O[C@H](CO)[C@@H](O)[C@H](O)[C@H]2O)c2c(=O)c3cccc(O)c3oc2c1. The number of para-hydroxylation sites is 1. The van der Waals surface area contributed by atoms with Crippen LogP contribution in [0.5, 0.6) is 17.2 Å². The minimum atomic E-state index is -1.67. The van der Waals surface area contributed by atoms with Crippen molar-refractivity contribution in [3.8, 4) is 17.2 Å². The van der Waals surface area contributed by atoms with Crippen LogP contribution in [0.2, 0.25) is 0 Å². The van der Waals surface area contributed by atoms with Gasteiger partial charge in [-0.15, -0.1) is 0 Å². The van der Waals surface area contributed by atoms with Gasteiger partial charge in [-0.25, -0.2) is 0 Å². The summed E-state index contributed by atoms with van der Waals surface area (Å²) >= 11 is 0. The summed E-state index contributed by atoms with van der Waals surface area (Å²) in [5, 5.41) is 49.6. The summed E-state index contributed by atoms with van der Waals surface area (Å²) in [6.07, 6.45) is -7.55. The van der Waals surface area contributed by atoms with Crippen molar-refractivity contribution in [1.82, 2.24) is 0 Å². The zero-order valence-electron chi connectivity index (χ0n) is 15.8. The molecule has 2 aromatic carbocycles. The number of hydrogen-bond acceptors (Lipinski definition) is 10. The lowest BCUT2D eigenvalue weighted by Crippen LogP contribution is -2.60. The van der Waals surface area contributed by atoms with E-state index < -0.39 is 42.7 Å². The summed E-state index contributed by atoms with van der Waals surface area (Å²) in [5.74, 6) is -0.0431. The highest BCUT2D eigenvalue weighted by Gasteiger charge is 2.45. The Morgan fingerprint density at radius 3 is 2.57 bits per heavy atom. The number of hydrogen-bond donors (Lipinski definition) is 5. The van der Waals surface area contributed by atoms with Crippen molar-refractivity contribution >= 4 is 21.9 Å². The van der Waals surface area contributed by atoms with Crippen LogP contribution in [0.4, 0.5) is 0 Å². The van der Waals surface area contributed by atoms with Gasteiger partial charge in [-0.2, -0.15) is 0 Å². The fourth-order valence-electron chi connectivity index (χ4n) is 3.43. The molecule has 10 heteroatoms. The largest absolute Gasteiger partial charge is 0.504 e. The van der Waals surface area contributed by atoms with E-state index >= 15 is 0 Å². The van der Waals surface area contributed by atoms with E-state index in [9.17, 15) is 30.3 Å². The standard InChI is InChI=1S/C20H20O10/c1-27-8-5-11-14(15(23)9-3-2-4-10(22)19(9)28-11)12(6-8)29-20-18(26)17(25)16(24)13(7-21)30-20/h2-6,13,16-18,20-22,24-26H,7H2,1H3/t13-,16-,17+,18-,20-/m1/s1. The van der Waals surface area contributed by atoms with Gasteiger partial charge < -0.3 is 44.2 Å². The molecular weight excluding hydrogens is 400 g/mol. The van der Waals surface area contributed by atoms with Crippen molar-refractivity contribution in [3.05, 3.63) is 40.6 Å². The van der Waals surface area contributed by atoms with E-state index in [2.05, 4.69) is 0 Å². The lowest BCUT2D eigenvalue weighted by atomic mass is 9.99. The second-order valence-corrected chi connectivity index (χ2v) is 6.90. The Morgan fingerprint density at radius 2 is 1.87 bits per heavy atom. The zero-order chi connectivity index (χ0) is 21.6. The van der Waals surface area contributed by atoms with Gasteiger partial charge in [0.1, 0.15) is 46.9 Å². The molecule has 0 aliphatic carbocycles. The molecule has 0 saturated carbocycles. The lowest BCUT2D eigenvalue weighted by Gasteiger charge is -2.39. The van der Waals surface area contributed by atoms with Gasteiger partial charge in [-0.3, -0.25) is 4.79 Å². The van der Waals surface area contributed by atoms with Gasteiger partial charge >= 0.3 is 0 Å². The Morgan fingerprint density at radius 1 is 1.10 bits per heavy atom. The van der Waals surface area contributed by atoms with Crippen LogP contribution < -0.4 is 14.9 Å². The number of aliphatic hydroxyl groups excluding tert-OH is 4. The van der Waals surface area contributed by atoms with Crippen molar-refractivity contribution in [3.63, 3.8) is 0 Å². The first kappa shape index (κ1) is 20.4. The van der Waals surface area contributed by atoms with E-state index in [0.29, 0.717) is 0 Å². The molecule has 0 amide bonds. The molecule has 10 nitrogen and oxygen atoms in total. The van der Waals surface area contributed by atoms with Crippen LogP contribution in [0.3, 0.4) is 0 Å². The second-order valence-electron chi connectivity index (χ2n) is 6.90. The van der Waals surface area contributed by atoms with Crippen LogP contribution in [-0.2, 0) is 4.74 Å². The lowest BCUT2D eigenvalue weighted by molar-refractivity contribution is -0.277. The molecule has 5 N–H and O–H groups in total. The van der Waals surface area contributed by atoms with E-state index in [4.69, 9.17) is 18.6 Å². The second kappa shape index (κ2) is 7.74. The molecule has 4 rings (SSSR count). The average molecular weight is 420 g/mol. The number of fused-ring (bicyclic) bond motifs is 2. The quantitative estimate of drug-likeness (QED) is 0.359. The number of rotatable bonds is 4. The number of phenolic OH excluding ortho intramolecular Hbond substituents is 1. The molecule has 1 fully saturated rings. The summed E-state index contributed by atoms with van der Waals surface area (Å²) in [4.78, 5) is 13.1. The number of phenols is 1. The number of aromatic hydroxyl groups is 1. The molecule has 30 heavy (non-hydrogen) atoms. The van der Waals surface area contributed by atoms with Crippen molar-refractivity contribution in [1.29, 1.82) is 0 Å². The highest BCUT2D eigenvalue weighted by atomic mass is 16.7. The van der Waals surface area contributed by atoms with Gasteiger partial charge in [0.15, 0.2) is 11.3 Å². The Balaban J connectivity index is 1.87. The molecule has 1 aliphatic rings. The molecule has 5 atom stereocenters. The third-order valence-electron chi connectivity index (χ3n) is 5.04. The van der Waals surface area contributed by atoms with Crippen LogP contribution in [-0.4, -0.2) is 70.0 Å². The first-order valence-electron chi connectivity index (χ1n) is 9.09. The third-order valence-corrected chi connectivity index (χ3v) is 5.04. The maximum atomic E-state index is 13.1. The molecule has 0 spiro atoms. The molecule has 0 unspecified atom stereocenters. The van der Waals surface area contributed by atoms with Gasteiger partial charge in [-0.1, -0.05) is 6.07 Å². The van der Waals surface area contributed by atoms with Crippen LogP contribution >= 0.6 is 0 Å². The van der Waals surface area contributed by atoms with Crippen LogP contribution in [0, 0.1) is 0 Å². The molecular formula is C20H20O10. The molecule has 0 bridgehead atoms. The van der Waals surface area contributed by atoms with E-state index in [-0.39, 0.29) is 39.2 Å². The molecule has 3 aromatic rings. The first-order valence-corrected chi connectivity index (χ1v) is 9.09. The summed E-state index contributed by atoms with van der Waals surface area (Å²) in [6.45, 7) is -0.629. The van der Waals surface area contributed by atoms with E-state index in [1.807, 2.05) is 0 Å². The van der Waals surface area contributed by atoms with Gasteiger partial charge in [0, 0.05) is 12.1 Å². The number of methoxy groups -OCH3 is 1. The monoisotopic (exact) mass is 420 g/mol. The summed E-state index contributed by atoms with van der Waals surface area (Å²) in [7, 11) is 1.38. The van der Waals surface area contributed by atoms with Crippen molar-refractivity contribution in [2.45, 2.75) is 30.7 Å². The maximum Gasteiger partial charge on any atom is 0.229 e. The predicted octanol–water partition coefficient (Wildman–Crippen LogP) is -0.161. The van der Waals surface area contributed by atoms with Gasteiger partial charge in [0.25, 0.3) is 0 Å². The molecule has 1 saturated heterocycles. The van der Waals surface area contributed by atoms with Gasteiger partial charge in [0.2, 0.25) is 11.7 Å². The Bertz CT molecular complexity index is 1140. The molecule has 1 aliphatic heterocycles. The minimum absolute atomic E-state index is 0.00846. The topological polar surface area (TPSA) is 159 Å². The maximum absolute atomic E-state index is 13.1. The van der Waals surface area contributed by atoms with Crippen LogP contribution in [0.1, 0.15) is 0 Å². The number of ether oxygens (including phenoxy) is 3. The fourth-order valence-corrected chi connectivity index (χ4v) is 3.43. The number of benzene rings is 2. The molecule has 0 radical (unpaired) electrons. The Labute approximate surface area is 169 Å². The highest BCUT2D eigenvalue weighted by molar-refractivity contribution is 5.95. The summed E-state index contributed by atoms with van der Waals surface area (Å²) in [5.41, 5.74) is -0.473. The smallest absolute Gasteiger partial charge is 0.229 e.